The van der Waals surface area contributed by atoms with Gasteiger partial charge >= 0.3 is 0 Å². The summed E-state index contributed by atoms with van der Waals surface area (Å²) in [4.78, 5) is 0. The fraction of sp³-hybridized carbons (Fsp3) is 0.179. The van der Waals surface area contributed by atoms with Gasteiger partial charge in [0.1, 0.15) is 0 Å². The van der Waals surface area contributed by atoms with Crippen LogP contribution < -0.4 is 0 Å². The highest BCUT2D eigenvalue weighted by atomic mass is 14.5. The van der Waals surface area contributed by atoms with E-state index in [4.69, 9.17) is 0 Å². The molecule has 1 atom stereocenters. The van der Waals surface area contributed by atoms with E-state index in [0.717, 1.165) is 6.42 Å². The number of hydrogen-bond donors (Lipinski definition) is 0. The predicted molar refractivity (Wildman–Crippen MR) is 166 cm³/mol. The molecule has 0 nitrogen and oxygen atoms in total. The van der Waals surface area contributed by atoms with Crippen molar-refractivity contribution >= 4 is 16.3 Å². The Morgan fingerprint density at radius 3 is 1.97 bits per heavy atom. The van der Waals surface area contributed by atoms with Crippen LogP contribution in [0.3, 0.4) is 0 Å². The summed E-state index contributed by atoms with van der Waals surface area (Å²) in [5.41, 5.74) is 14.6. The van der Waals surface area contributed by atoms with Gasteiger partial charge in [0.05, 0.1) is 5.41 Å². The third kappa shape index (κ3) is 3.66. The maximum Gasteiger partial charge on any atom is 0.0710 e. The monoisotopic (exact) mass is 502 g/mol. The first-order valence-electron chi connectivity index (χ1n) is 14.2. The number of benzene rings is 5. The van der Waals surface area contributed by atoms with Crippen LogP contribution in [-0.2, 0) is 5.41 Å². The summed E-state index contributed by atoms with van der Waals surface area (Å²) >= 11 is 0. The van der Waals surface area contributed by atoms with Crippen molar-refractivity contribution in [3.05, 3.63) is 160 Å². The third-order valence-corrected chi connectivity index (χ3v) is 8.89. The fourth-order valence-corrected chi connectivity index (χ4v) is 6.95. The minimum absolute atomic E-state index is 0.341. The van der Waals surface area contributed by atoms with Crippen molar-refractivity contribution in [1.82, 2.24) is 0 Å². The van der Waals surface area contributed by atoms with E-state index in [1.54, 1.807) is 0 Å². The first kappa shape index (κ1) is 23.9. The molecule has 2 aliphatic rings. The summed E-state index contributed by atoms with van der Waals surface area (Å²) in [6, 6.07) is 39.2. The Morgan fingerprint density at radius 2 is 1.28 bits per heavy atom. The Balaban J connectivity index is 1.57. The molecule has 0 fully saturated rings. The van der Waals surface area contributed by atoms with Crippen LogP contribution in [0.25, 0.3) is 27.5 Å². The summed E-state index contributed by atoms with van der Waals surface area (Å²) in [6.45, 7) is 8.88. The zero-order valence-electron chi connectivity index (χ0n) is 23.3. The molecule has 5 aromatic carbocycles. The van der Waals surface area contributed by atoms with Crippen LogP contribution in [0.2, 0.25) is 0 Å². The molecule has 0 saturated heterocycles. The number of rotatable bonds is 3. The van der Waals surface area contributed by atoms with Crippen LogP contribution in [0.4, 0.5) is 0 Å². The summed E-state index contributed by atoms with van der Waals surface area (Å²) in [5, 5.41) is 2.59. The molecule has 2 aliphatic carbocycles. The first-order valence-corrected chi connectivity index (χ1v) is 14.2. The normalized spacial score (nSPS) is 17.4. The molecule has 5 aromatic rings. The second-order valence-electron chi connectivity index (χ2n) is 11.7. The first-order chi connectivity index (χ1) is 18.9. The van der Waals surface area contributed by atoms with Gasteiger partial charge in [-0.05, 0) is 94.5 Å². The average Bonchev–Trinajstić information content (AvgIpc) is 3.24. The van der Waals surface area contributed by atoms with Crippen molar-refractivity contribution in [3.63, 3.8) is 0 Å². The molecular weight excluding hydrogens is 468 g/mol. The maximum absolute atomic E-state index is 2.44. The maximum atomic E-state index is 2.44. The molecule has 190 valence electrons. The van der Waals surface area contributed by atoms with Crippen LogP contribution >= 0.6 is 0 Å². The number of hydrogen-bond acceptors (Lipinski definition) is 0. The highest BCUT2D eigenvalue weighted by Gasteiger charge is 2.48. The van der Waals surface area contributed by atoms with E-state index in [9.17, 15) is 0 Å². The van der Waals surface area contributed by atoms with Crippen molar-refractivity contribution in [2.45, 2.75) is 39.5 Å². The Morgan fingerprint density at radius 1 is 0.641 bits per heavy atom. The van der Waals surface area contributed by atoms with E-state index in [2.05, 4.69) is 143 Å². The van der Waals surface area contributed by atoms with Gasteiger partial charge in [0.2, 0.25) is 0 Å². The lowest BCUT2D eigenvalue weighted by Crippen LogP contribution is -2.30. The van der Waals surface area contributed by atoms with E-state index in [-0.39, 0.29) is 5.41 Å². The second kappa shape index (κ2) is 8.95. The van der Waals surface area contributed by atoms with Crippen LogP contribution in [0.1, 0.15) is 52.3 Å². The van der Waals surface area contributed by atoms with Crippen molar-refractivity contribution in [2.24, 2.45) is 5.92 Å². The quantitative estimate of drug-likeness (QED) is 0.230. The van der Waals surface area contributed by atoms with Gasteiger partial charge in [-0.25, -0.2) is 0 Å². The standard InChI is InChI=1S/C39H34/c1-25-9-17-32(18-10-25)39(33-19-11-26(2)12-20-33)36-21-13-28(4)23-35(36)38-34(6-5-7-37(38)39)30-16-15-29-14-8-27(3)22-31(29)24-30/h5-22,24,28H,23H2,1-4H3. The lowest BCUT2D eigenvalue weighted by molar-refractivity contribution is 0.717. The smallest absolute Gasteiger partial charge is 0.0710 e. The number of allylic oxidation sites excluding steroid dienone is 4. The van der Waals surface area contributed by atoms with E-state index < -0.39 is 0 Å². The van der Waals surface area contributed by atoms with E-state index >= 15 is 0 Å². The Kier molecular flexibility index (Phi) is 5.49. The zero-order valence-corrected chi connectivity index (χ0v) is 23.3. The van der Waals surface area contributed by atoms with Gasteiger partial charge in [-0.15, -0.1) is 0 Å². The summed E-state index contributed by atoms with van der Waals surface area (Å²) in [7, 11) is 0. The topological polar surface area (TPSA) is 0 Å². The molecule has 0 saturated carbocycles. The lowest BCUT2D eigenvalue weighted by atomic mass is 9.66. The van der Waals surface area contributed by atoms with E-state index in [0.29, 0.717) is 5.92 Å². The van der Waals surface area contributed by atoms with Crippen LogP contribution in [0.5, 0.6) is 0 Å². The number of fused-ring (bicyclic) bond motifs is 3. The van der Waals surface area contributed by atoms with Crippen molar-refractivity contribution in [3.8, 4) is 11.1 Å². The highest BCUT2D eigenvalue weighted by molar-refractivity contribution is 5.97. The second-order valence-corrected chi connectivity index (χ2v) is 11.7. The fourth-order valence-electron chi connectivity index (χ4n) is 6.95. The molecule has 0 spiro atoms. The van der Waals surface area contributed by atoms with Crippen molar-refractivity contribution in [1.29, 1.82) is 0 Å². The molecule has 0 bridgehead atoms. The van der Waals surface area contributed by atoms with Gasteiger partial charge in [-0.1, -0.05) is 133 Å². The van der Waals surface area contributed by atoms with E-state index in [1.165, 1.54) is 72.0 Å². The minimum atomic E-state index is -0.341. The van der Waals surface area contributed by atoms with E-state index in [1.807, 2.05) is 0 Å². The number of aryl methyl sites for hydroxylation is 3. The average molecular weight is 503 g/mol. The molecule has 0 heterocycles. The molecule has 0 amide bonds. The lowest BCUT2D eigenvalue weighted by Gasteiger charge is -2.36. The van der Waals surface area contributed by atoms with Crippen molar-refractivity contribution in [2.75, 3.05) is 0 Å². The van der Waals surface area contributed by atoms with Gasteiger partial charge in [0, 0.05) is 0 Å². The summed E-state index contributed by atoms with van der Waals surface area (Å²) in [6.07, 6.45) is 5.92. The Bertz CT molecular complexity index is 1750. The van der Waals surface area contributed by atoms with Gasteiger partial charge in [-0.2, -0.15) is 0 Å². The third-order valence-electron chi connectivity index (χ3n) is 8.89. The SMILES string of the molecule is Cc1ccc(C2(c3ccc(C)cc3)C3=C(CC(C)C=C3)c3c(-c4ccc5ccc(C)cc5c4)cccc32)cc1. The van der Waals surface area contributed by atoms with Gasteiger partial charge in [-0.3, -0.25) is 0 Å². The molecular formula is C39H34. The molecule has 0 heteroatoms. The predicted octanol–water partition coefficient (Wildman–Crippen LogP) is 10.1. The van der Waals surface area contributed by atoms with Crippen LogP contribution in [-0.4, -0.2) is 0 Å². The Hall–Kier alpha value is -4.16. The van der Waals surface area contributed by atoms with Gasteiger partial charge < -0.3 is 0 Å². The van der Waals surface area contributed by atoms with Crippen LogP contribution in [0, 0.1) is 26.7 Å². The summed E-state index contributed by atoms with van der Waals surface area (Å²) < 4.78 is 0. The molecule has 39 heavy (non-hydrogen) atoms. The molecule has 1 unspecified atom stereocenters. The minimum Gasteiger partial charge on any atom is -0.0810 e. The summed E-state index contributed by atoms with van der Waals surface area (Å²) in [5.74, 6) is 0.510. The van der Waals surface area contributed by atoms with Crippen molar-refractivity contribution < 1.29 is 0 Å². The largest absolute Gasteiger partial charge is 0.0810 e. The molecule has 0 aliphatic heterocycles. The van der Waals surface area contributed by atoms with Crippen LogP contribution in [0.15, 0.2) is 121 Å². The molecule has 7 rings (SSSR count). The Labute approximate surface area is 232 Å². The molecule has 0 radical (unpaired) electrons. The highest BCUT2D eigenvalue weighted by Crippen LogP contribution is 2.59. The van der Waals surface area contributed by atoms with Gasteiger partial charge in [0.25, 0.3) is 0 Å². The van der Waals surface area contributed by atoms with Gasteiger partial charge in [0.15, 0.2) is 0 Å². The molecule has 0 aromatic heterocycles. The zero-order chi connectivity index (χ0) is 26.7. The molecule has 0 N–H and O–H groups in total.